The number of allylic oxidation sites excluding steroid dienone is 1. The Morgan fingerprint density at radius 2 is 1.64 bits per heavy atom. The van der Waals surface area contributed by atoms with Crippen molar-refractivity contribution >= 4 is 17.7 Å². The van der Waals surface area contributed by atoms with Crippen LogP contribution in [0.3, 0.4) is 0 Å². The Labute approximate surface area is 168 Å². The average Bonchev–Trinajstić information content (AvgIpc) is 3.07. The molecular formula is C22H35N3O3. The number of primary amides is 1. The number of nitrogens with two attached hydrogens (primary N) is 1. The van der Waals surface area contributed by atoms with Crippen LogP contribution in [-0.4, -0.2) is 23.3 Å². The van der Waals surface area contributed by atoms with Crippen molar-refractivity contribution in [3.63, 3.8) is 0 Å². The quantitative estimate of drug-likeness (QED) is 0.595. The standard InChI is InChI=1S/C22H35N3O3/c1-14(2)9-19(26)24-18-11-16(21(23)28)12-22(13-18,17-7-5-6-8-17)25-20(27)10-15(3)4/h11,13-15,17H,5-10,12H2,1-4H3,(H2,23,28)(H,24,26)(H,25,27). The first-order valence-electron chi connectivity index (χ1n) is 10.5. The van der Waals surface area contributed by atoms with Crippen molar-refractivity contribution in [3.8, 4) is 0 Å². The topological polar surface area (TPSA) is 101 Å². The molecule has 1 unspecified atom stereocenters. The van der Waals surface area contributed by atoms with E-state index in [0.717, 1.165) is 25.7 Å². The Balaban J connectivity index is 2.37. The maximum atomic E-state index is 12.7. The molecule has 156 valence electrons. The zero-order valence-electron chi connectivity index (χ0n) is 17.6. The highest BCUT2D eigenvalue weighted by atomic mass is 16.2. The summed E-state index contributed by atoms with van der Waals surface area (Å²) in [5.41, 5.74) is 5.94. The molecule has 1 fully saturated rings. The Morgan fingerprint density at radius 1 is 1.07 bits per heavy atom. The molecule has 28 heavy (non-hydrogen) atoms. The molecule has 0 aromatic heterocycles. The minimum absolute atomic E-state index is 0.0308. The minimum atomic E-state index is -0.679. The molecule has 1 saturated carbocycles. The lowest BCUT2D eigenvalue weighted by atomic mass is 9.74. The van der Waals surface area contributed by atoms with Crippen LogP contribution < -0.4 is 16.4 Å². The van der Waals surface area contributed by atoms with Gasteiger partial charge in [0.05, 0.1) is 5.54 Å². The fourth-order valence-electron chi connectivity index (χ4n) is 4.30. The third-order valence-electron chi connectivity index (χ3n) is 5.47. The Morgan fingerprint density at radius 3 is 2.18 bits per heavy atom. The van der Waals surface area contributed by atoms with Gasteiger partial charge in [0.25, 0.3) is 0 Å². The van der Waals surface area contributed by atoms with E-state index in [1.165, 1.54) is 0 Å². The summed E-state index contributed by atoms with van der Waals surface area (Å²) in [5.74, 6) is 0.0558. The van der Waals surface area contributed by atoms with Gasteiger partial charge in [0, 0.05) is 30.5 Å². The molecule has 3 amide bonds. The highest BCUT2D eigenvalue weighted by molar-refractivity contribution is 5.94. The lowest BCUT2D eigenvalue weighted by molar-refractivity contribution is -0.124. The van der Waals surface area contributed by atoms with Gasteiger partial charge in [-0.2, -0.15) is 0 Å². The summed E-state index contributed by atoms with van der Waals surface area (Å²) in [6.07, 6.45) is 8.97. The first kappa shape index (κ1) is 22.2. The molecule has 2 rings (SSSR count). The monoisotopic (exact) mass is 389 g/mol. The molecular weight excluding hydrogens is 354 g/mol. The maximum absolute atomic E-state index is 12.7. The van der Waals surface area contributed by atoms with Gasteiger partial charge < -0.3 is 16.4 Å². The molecule has 2 aliphatic rings. The molecule has 0 saturated heterocycles. The number of hydrogen-bond donors (Lipinski definition) is 3. The predicted molar refractivity (Wildman–Crippen MR) is 110 cm³/mol. The maximum Gasteiger partial charge on any atom is 0.244 e. The third kappa shape index (κ3) is 5.94. The molecule has 4 N–H and O–H groups in total. The Bertz CT molecular complexity index is 673. The van der Waals surface area contributed by atoms with Gasteiger partial charge in [-0.3, -0.25) is 14.4 Å². The fourth-order valence-corrected chi connectivity index (χ4v) is 4.30. The van der Waals surface area contributed by atoms with E-state index in [9.17, 15) is 14.4 Å². The second-order valence-corrected chi connectivity index (χ2v) is 9.12. The van der Waals surface area contributed by atoms with E-state index in [4.69, 9.17) is 5.73 Å². The molecule has 0 heterocycles. The van der Waals surface area contributed by atoms with Crippen molar-refractivity contribution in [1.29, 1.82) is 0 Å². The summed E-state index contributed by atoms with van der Waals surface area (Å²) in [6, 6.07) is 0. The molecule has 0 radical (unpaired) electrons. The third-order valence-corrected chi connectivity index (χ3v) is 5.47. The largest absolute Gasteiger partial charge is 0.366 e. The normalized spacial score (nSPS) is 22.8. The Hall–Kier alpha value is -2.11. The van der Waals surface area contributed by atoms with Crippen LogP contribution in [0.5, 0.6) is 0 Å². The van der Waals surface area contributed by atoms with Crippen LogP contribution in [0.1, 0.15) is 72.6 Å². The van der Waals surface area contributed by atoms with Crippen molar-refractivity contribution < 1.29 is 14.4 Å². The first-order chi connectivity index (χ1) is 13.1. The van der Waals surface area contributed by atoms with Gasteiger partial charge in [0.2, 0.25) is 17.7 Å². The lowest BCUT2D eigenvalue weighted by Crippen LogP contribution is -2.54. The molecule has 0 bridgehead atoms. The summed E-state index contributed by atoms with van der Waals surface area (Å²) < 4.78 is 0. The van der Waals surface area contributed by atoms with Gasteiger partial charge in [-0.25, -0.2) is 0 Å². The van der Waals surface area contributed by atoms with Crippen LogP contribution in [0.15, 0.2) is 23.4 Å². The van der Waals surface area contributed by atoms with E-state index >= 15 is 0 Å². The highest BCUT2D eigenvalue weighted by Crippen LogP contribution is 2.41. The fraction of sp³-hybridized carbons (Fsp3) is 0.682. The van der Waals surface area contributed by atoms with Crippen LogP contribution in [0.25, 0.3) is 0 Å². The number of carbonyl (C=O) groups is 3. The van der Waals surface area contributed by atoms with E-state index in [0.29, 0.717) is 30.5 Å². The molecule has 0 aromatic carbocycles. The number of carbonyl (C=O) groups excluding carboxylic acids is 3. The predicted octanol–water partition coefficient (Wildman–Crippen LogP) is 2.94. The van der Waals surface area contributed by atoms with Crippen LogP contribution in [0, 0.1) is 17.8 Å². The van der Waals surface area contributed by atoms with Gasteiger partial charge in [0.15, 0.2) is 0 Å². The minimum Gasteiger partial charge on any atom is -0.366 e. The zero-order valence-corrected chi connectivity index (χ0v) is 17.6. The smallest absolute Gasteiger partial charge is 0.244 e. The van der Waals surface area contributed by atoms with Gasteiger partial charge in [0.1, 0.15) is 0 Å². The van der Waals surface area contributed by atoms with Crippen molar-refractivity contribution in [2.75, 3.05) is 0 Å². The SMILES string of the molecule is CC(C)CC(=O)NC1=CC(NC(=O)CC(C)C)(C2CCCC2)CC(C(N)=O)=C1. The lowest BCUT2D eigenvalue weighted by Gasteiger charge is -2.41. The van der Waals surface area contributed by atoms with Crippen LogP contribution in [0.2, 0.25) is 0 Å². The molecule has 6 heteroatoms. The van der Waals surface area contributed by atoms with Crippen molar-refractivity contribution in [2.24, 2.45) is 23.5 Å². The number of hydrogen-bond acceptors (Lipinski definition) is 3. The van der Waals surface area contributed by atoms with E-state index in [-0.39, 0.29) is 29.6 Å². The number of amides is 3. The van der Waals surface area contributed by atoms with Crippen LogP contribution >= 0.6 is 0 Å². The van der Waals surface area contributed by atoms with Crippen LogP contribution in [-0.2, 0) is 14.4 Å². The highest BCUT2D eigenvalue weighted by Gasteiger charge is 2.43. The number of nitrogens with one attached hydrogen (secondary N) is 2. The van der Waals surface area contributed by atoms with Gasteiger partial charge in [-0.15, -0.1) is 0 Å². The summed E-state index contributed by atoms with van der Waals surface area (Å²) in [5, 5.41) is 6.13. The second kappa shape index (κ2) is 9.39. The van der Waals surface area contributed by atoms with Crippen LogP contribution in [0.4, 0.5) is 0 Å². The molecule has 2 aliphatic carbocycles. The van der Waals surface area contributed by atoms with Gasteiger partial charge >= 0.3 is 0 Å². The van der Waals surface area contributed by atoms with Crippen molar-refractivity contribution in [2.45, 2.75) is 78.2 Å². The van der Waals surface area contributed by atoms with E-state index in [1.54, 1.807) is 6.08 Å². The number of rotatable bonds is 8. The van der Waals surface area contributed by atoms with E-state index in [2.05, 4.69) is 10.6 Å². The summed E-state index contributed by atoms with van der Waals surface area (Å²) in [7, 11) is 0. The second-order valence-electron chi connectivity index (χ2n) is 9.12. The zero-order chi connectivity index (χ0) is 20.9. The summed E-state index contributed by atoms with van der Waals surface area (Å²) >= 11 is 0. The molecule has 0 spiro atoms. The van der Waals surface area contributed by atoms with E-state index < -0.39 is 11.4 Å². The van der Waals surface area contributed by atoms with Crippen molar-refractivity contribution in [1.82, 2.24) is 10.6 Å². The van der Waals surface area contributed by atoms with Gasteiger partial charge in [-0.1, -0.05) is 40.5 Å². The summed E-state index contributed by atoms with van der Waals surface area (Å²) in [6.45, 7) is 7.97. The molecule has 6 nitrogen and oxygen atoms in total. The molecule has 1 atom stereocenters. The van der Waals surface area contributed by atoms with Gasteiger partial charge in [-0.05, 0) is 42.7 Å². The summed E-state index contributed by atoms with van der Waals surface area (Å²) in [4.78, 5) is 37.0. The first-order valence-corrected chi connectivity index (χ1v) is 10.5. The molecule has 0 aromatic rings. The average molecular weight is 390 g/mol. The molecule has 0 aliphatic heterocycles. The van der Waals surface area contributed by atoms with E-state index in [1.807, 2.05) is 33.8 Å². The Kier molecular flexibility index (Phi) is 7.44. The van der Waals surface area contributed by atoms with Crippen molar-refractivity contribution in [3.05, 3.63) is 23.4 Å².